The minimum atomic E-state index is -0.291. The van der Waals surface area contributed by atoms with Gasteiger partial charge < -0.3 is 11.1 Å². The average Bonchev–Trinajstić information content (AvgIpc) is 2.82. The zero-order valence-electron chi connectivity index (χ0n) is 10.6. The fraction of sp³-hybridized carbons (Fsp3) is 0.500. The van der Waals surface area contributed by atoms with Crippen LogP contribution in [-0.2, 0) is 0 Å². The van der Waals surface area contributed by atoms with E-state index < -0.39 is 0 Å². The minimum Gasteiger partial charge on any atom is -0.345 e. The highest BCUT2D eigenvalue weighted by atomic mass is 19.1. The maximum atomic E-state index is 13.2. The van der Waals surface area contributed by atoms with Gasteiger partial charge in [-0.15, -0.1) is 0 Å². The van der Waals surface area contributed by atoms with Crippen LogP contribution in [0.3, 0.4) is 0 Å². The van der Waals surface area contributed by atoms with Crippen molar-refractivity contribution in [2.45, 2.75) is 38.1 Å². The lowest BCUT2D eigenvalue weighted by Crippen LogP contribution is -2.51. The predicted molar refractivity (Wildman–Crippen MR) is 68.9 cm³/mol. The van der Waals surface area contributed by atoms with Gasteiger partial charge >= 0.3 is 0 Å². The third-order valence-corrected chi connectivity index (χ3v) is 3.75. The molecule has 0 aromatic heterocycles. The first kappa shape index (κ1) is 13.0. The van der Waals surface area contributed by atoms with Crippen LogP contribution in [0, 0.1) is 12.7 Å². The number of benzene rings is 1. The maximum absolute atomic E-state index is 13.2. The molecular formula is C14H19FN2O. The van der Waals surface area contributed by atoms with Crippen LogP contribution in [-0.4, -0.2) is 18.0 Å². The third kappa shape index (κ3) is 2.53. The summed E-state index contributed by atoms with van der Waals surface area (Å²) in [6.07, 6.45) is 4.05. The van der Waals surface area contributed by atoms with Gasteiger partial charge in [0.05, 0.1) is 5.54 Å². The molecule has 0 bridgehead atoms. The average molecular weight is 250 g/mol. The molecule has 3 N–H and O–H groups in total. The normalized spacial score (nSPS) is 17.7. The molecule has 1 aromatic carbocycles. The number of hydrogen-bond donors (Lipinski definition) is 2. The van der Waals surface area contributed by atoms with Gasteiger partial charge in [-0.05, 0) is 43.5 Å². The van der Waals surface area contributed by atoms with Gasteiger partial charge in [-0.1, -0.05) is 12.8 Å². The van der Waals surface area contributed by atoms with Crippen LogP contribution < -0.4 is 11.1 Å². The fourth-order valence-corrected chi connectivity index (χ4v) is 2.53. The number of rotatable bonds is 3. The molecule has 1 aromatic rings. The predicted octanol–water partition coefficient (Wildman–Crippen LogP) is 2.14. The Hall–Kier alpha value is -1.42. The van der Waals surface area contributed by atoms with Gasteiger partial charge in [-0.2, -0.15) is 0 Å². The molecule has 98 valence electrons. The molecule has 0 aliphatic heterocycles. The van der Waals surface area contributed by atoms with Crippen LogP contribution in [0.5, 0.6) is 0 Å². The molecule has 1 aliphatic rings. The molecule has 1 fully saturated rings. The second kappa shape index (κ2) is 5.06. The highest BCUT2D eigenvalue weighted by Crippen LogP contribution is 2.29. The summed E-state index contributed by atoms with van der Waals surface area (Å²) in [7, 11) is 0. The molecule has 2 rings (SSSR count). The topological polar surface area (TPSA) is 55.1 Å². The Bertz CT molecular complexity index is 453. The first-order valence-electron chi connectivity index (χ1n) is 6.35. The summed E-state index contributed by atoms with van der Waals surface area (Å²) in [4.78, 5) is 12.1. The number of aryl methyl sites for hydroxylation is 1. The Morgan fingerprint density at radius 2 is 2.11 bits per heavy atom. The molecule has 3 nitrogen and oxygen atoms in total. The van der Waals surface area contributed by atoms with E-state index in [2.05, 4.69) is 5.32 Å². The number of amides is 1. The van der Waals surface area contributed by atoms with E-state index in [4.69, 9.17) is 5.73 Å². The number of carbonyl (C=O) groups is 1. The summed E-state index contributed by atoms with van der Waals surface area (Å²) in [5.74, 6) is -0.452. The van der Waals surface area contributed by atoms with Crippen molar-refractivity contribution < 1.29 is 9.18 Å². The van der Waals surface area contributed by atoms with Gasteiger partial charge in [-0.3, -0.25) is 4.79 Å². The van der Waals surface area contributed by atoms with Crippen molar-refractivity contribution in [2.24, 2.45) is 5.73 Å². The molecule has 0 spiro atoms. The first-order valence-corrected chi connectivity index (χ1v) is 6.35. The molecule has 0 atom stereocenters. The second-order valence-electron chi connectivity index (χ2n) is 5.11. The molecule has 18 heavy (non-hydrogen) atoms. The van der Waals surface area contributed by atoms with Crippen LogP contribution in [0.1, 0.15) is 41.6 Å². The van der Waals surface area contributed by atoms with Crippen molar-refractivity contribution in [3.05, 3.63) is 35.1 Å². The summed E-state index contributed by atoms with van der Waals surface area (Å²) >= 11 is 0. The number of nitrogens with one attached hydrogen (secondary N) is 1. The van der Waals surface area contributed by atoms with Crippen LogP contribution in [0.25, 0.3) is 0 Å². The number of hydrogen-bond acceptors (Lipinski definition) is 2. The first-order chi connectivity index (χ1) is 8.56. The fourth-order valence-electron chi connectivity index (χ4n) is 2.53. The lowest BCUT2D eigenvalue weighted by atomic mass is 9.97. The molecular weight excluding hydrogens is 231 g/mol. The summed E-state index contributed by atoms with van der Waals surface area (Å²) in [5.41, 5.74) is 6.49. The molecule has 4 heteroatoms. The molecule has 1 aliphatic carbocycles. The van der Waals surface area contributed by atoms with Gasteiger partial charge in [0.2, 0.25) is 0 Å². The highest BCUT2D eigenvalue weighted by molar-refractivity contribution is 5.94. The van der Waals surface area contributed by atoms with Crippen molar-refractivity contribution >= 4 is 5.91 Å². The van der Waals surface area contributed by atoms with Gasteiger partial charge in [0.1, 0.15) is 5.82 Å². The summed E-state index contributed by atoms with van der Waals surface area (Å²) in [6.45, 7) is 2.11. The Kier molecular flexibility index (Phi) is 3.66. The Morgan fingerprint density at radius 1 is 1.44 bits per heavy atom. The number of carbonyl (C=O) groups excluding carboxylic acids is 1. The summed E-state index contributed by atoms with van der Waals surface area (Å²) in [5, 5.41) is 3.02. The van der Waals surface area contributed by atoms with E-state index in [1.807, 2.05) is 0 Å². The monoisotopic (exact) mass is 250 g/mol. The van der Waals surface area contributed by atoms with Crippen LogP contribution in [0.4, 0.5) is 4.39 Å². The molecule has 1 saturated carbocycles. The van der Waals surface area contributed by atoms with Crippen LogP contribution >= 0.6 is 0 Å². The third-order valence-electron chi connectivity index (χ3n) is 3.75. The second-order valence-corrected chi connectivity index (χ2v) is 5.11. The van der Waals surface area contributed by atoms with E-state index in [1.54, 1.807) is 13.0 Å². The van der Waals surface area contributed by atoms with E-state index in [0.29, 0.717) is 17.7 Å². The Balaban J connectivity index is 2.13. The standard InChI is InChI=1S/C14H19FN2O/c1-10-8-11(4-5-12(10)15)13(18)17-14(9-16)6-2-3-7-14/h4-5,8H,2-3,6-7,9,16H2,1H3,(H,17,18). The molecule has 0 radical (unpaired) electrons. The Morgan fingerprint density at radius 3 is 2.67 bits per heavy atom. The Labute approximate surface area is 107 Å². The van der Waals surface area contributed by atoms with E-state index in [1.165, 1.54) is 12.1 Å². The van der Waals surface area contributed by atoms with E-state index in [9.17, 15) is 9.18 Å². The van der Waals surface area contributed by atoms with Crippen molar-refractivity contribution in [1.82, 2.24) is 5.32 Å². The SMILES string of the molecule is Cc1cc(C(=O)NC2(CN)CCCC2)ccc1F. The molecule has 0 unspecified atom stereocenters. The zero-order chi connectivity index (χ0) is 13.2. The molecule has 1 amide bonds. The minimum absolute atomic E-state index is 0.162. The lowest BCUT2D eigenvalue weighted by Gasteiger charge is -2.28. The molecule has 0 heterocycles. The summed E-state index contributed by atoms with van der Waals surface area (Å²) < 4.78 is 13.2. The van der Waals surface area contributed by atoms with Crippen molar-refractivity contribution in [3.8, 4) is 0 Å². The number of halogens is 1. The summed E-state index contributed by atoms with van der Waals surface area (Å²) in [6, 6.07) is 4.41. The highest BCUT2D eigenvalue weighted by Gasteiger charge is 2.34. The quantitative estimate of drug-likeness (QED) is 0.863. The van der Waals surface area contributed by atoms with Crippen LogP contribution in [0.2, 0.25) is 0 Å². The van der Waals surface area contributed by atoms with Crippen LogP contribution in [0.15, 0.2) is 18.2 Å². The van der Waals surface area contributed by atoms with E-state index in [-0.39, 0.29) is 17.3 Å². The van der Waals surface area contributed by atoms with E-state index >= 15 is 0 Å². The van der Waals surface area contributed by atoms with Gasteiger partial charge in [0.25, 0.3) is 5.91 Å². The largest absolute Gasteiger partial charge is 0.345 e. The smallest absolute Gasteiger partial charge is 0.251 e. The lowest BCUT2D eigenvalue weighted by molar-refractivity contribution is 0.0903. The molecule has 0 saturated heterocycles. The van der Waals surface area contributed by atoms with Gasteiger partial charge in [-0.25, -0.2) is 4.39 Å². The van der Waals surface area contributed by atoms with Crippen molar-refractivity contribution in [1.29, 1.82) is 0 Å². The van der Waals surface area contributed by atoms with E-state index in [0.717, 1.165) is 25.7 Å². The van der Waals surface area contributed by atoms with Gasteiger partial charge in [0, 0.05) is 12.1 Å². The van der Waals surface area contributed by atoms with Crippen molar-refractivity contribution in [2.75, 3.05) is 6.54 Å². The zero-order valence-corrected chi connectivity index (χ0v) is 10.6. The maximum Gasteiger partial charge on any atom is 0.251 e. The van der Waals surface area contributed by atoms with Crippen molar-refractivity contribution in [3.63, 3.8) is 0 Å². The number of nitrogens with two attached hydrogens (primary N) is 1. The van der Waals surface area contributed by atoms with Gasteiger partial charge in [0.15, 0.2) is 0 Å².